The van der Waals surface area contributed by atoms with E-state index in [1.807, 2.05) is 5.38 Å². The van der Waals surface area contributed by atoms with Crippen LogP contribution in [0.1, 0.15) is 30.3 Å². The Kier molecular flexibility index (Phi) is 4.57. The molecule has 26 heavy (non-hydrogen) atoms. The third-order valence-corrected chi connectivity index (χ3v) is 5.18. The van der Waals surface area contributed by atoms with E-state index in [0.29, 0.717) is 12.2 Å². The molecule has 1 aliphatic rings. The number of nitrogens with zero attached hydrogens (tertiary/aromatic N) is 6. The first-order valence-corrected chi connectivity index (χ1v) is 9.10. The van der Waals surface area contributed by atoms with Crippen LogP contribution < -0.4 is 5.32 Å². The molecule has 4 rings (SSSR count). The van der Waals surface area contributed by atoms with Crippen LogP contribution in [0.2, 0.25) is 0 Å². The average Bonchev–Trinajstić information content (AvgIpc) is 3.37. The molecule has 0 aliphatic carbocycles. The van der Waals surface area contributed by atoms with E-state index < -0.39 is 5.82 Å². The van der Waals surface area contributed by atoms with E-state index in [1.165, 1.54) is 34.5 Å². The van der Waals surface area contributed by atoms with Crippen LogP contribution in [-0.2, 0) is 0 Å². The lowest BCUT2D eigenvalue weighted by Crippen LogP contribution is -2.41. The van der Waals surface area contributed by atoms with Gasteiger partial charge in [-0.1, -0.05) is 0 Å². The van der Waals surface area contributed by atoms with Crippen LogP contribution in [0.15, 0.2) is 36.1 Å². The van der Waals surface area contributed by atoms with Crippen molar-refractivity contribution in [3.8, 4) is 5.69 Å². The third-order valence-electron chi connectivity index (χ3n) is 4.31. The fourth-order valence-corrected chi connectivity index (χ4v) is 3.83. The Morgan fingerprint density at radius 2 is 2.27 bits per heavy atom. The Morgan fingerprint density at radius 3 is 3.04 bits per heavy atom. The number of carbonyl (C=O) groups excluding carboxylic acids is 1. The van der Waals surface area contributed by atoms with Crippen molar-refractivity contribution in [3.63, 3.8) is 0 Å². The molecule has 2 amide bonds. The maximum absolute atomic E-state index is 14.2. The summed E-state index contributed by atoms with van der Waals surface area (Å²) in [6, 6.07) is 3.92. The quantitative estimate of drug-likeness (QED) is 0.762. The Balaban J connectivity index is 1.56. The Hall–Kier alpha value is -2.88. The van der Waals surface area contributed by atoms with Crippen molar-refractivity contribution in [3.05, 3.63) is 46.9 Å². The monoisotopic (exact) mass is 373 g/mol. The van der Waals surface area contributed by atoms with Gasteiger partial charge in [0.1, 0.15) is 17.2 Å². The number of likely N-dealkylation sites (tertiary alicyclic amines) is 1. The molecule has 0 spiro atoms. The number of carbonyl (C=O) groups is 1. The zero-order chi connectivity index (χ0) is 17.9. The van der Waals surface area contributed by atoms with Crippen LogP contribution in [0, 0.1) is 5.82 Å². The number of hydrogen-bond acceptors (Lipinski definition) is 6. The van der Waals surface area contributed by atoms with Crippen LogP contribution in [0.5, 0.6) is 0 Å². The summed E-state index contributed by atoms with van der Waals surface area (Å²) in [6.45, 7) is 0.615. The minimum Gasteiger partial charge on any atom is -0.315 e. The molecule has 8 nitrogen and oxygen atoms in total. The second-order valence-corrected chi connectivity index (χ2v) is 6.85. The second-order valence-electron chi connectivity index (χ2n) is 5.92. The number of nitrogens with one attached hydrogen (secondary N) is 1. The minimum absolute atomic E-state index is 0.0745. The van der Waals surface area contributed by atoms with Gasteiger partial charge in [0.2, 0.25) is 0 Å². The van der Waals surface area contributed by atoms with Crippen LogP contribution in [0.4, 0.5) is 14.9 Å². The topological polar surface area (TPSA) is 88.8 Å². The van der Waals surface area contributed by atoms with Gasteiger partial charge < -0.3 is 10.2 Å². The van der Waals surface area contributed by atoms with Gasteiger partial charge in [-0.2, -0.15) is 0 Å². The first-order chi connectivity index (χ1) is 12.7. The zero-order valence-corrected chi connectivity index (χ0v) is 14.6. The van der Waals surface area contributed by atoms with E-state index in [2.05, 4.69) is 25.8 Å². The van der Waals surface area contributed by atoms with Gasteiger partial charge in [-0.15, -0.1) is 16.4 Å². The summed E-state index contributed by atoms with van der Waals surface area (Å²) in [5, 5.41) is 16.4. The normalized spacial score (nSPS) is 17.3. The van der Waals surface area contributed by atoms with Gasteiger partial charge in [0.15, 0.2) is 0 Å². The molecule has 1 unspecified atom stereocenters. The Bertz CT molecular complexity index is 884. The number of rotatable bonds is 3. The molecular formula is C16H16FN7OS. The van der Waals surface area contributed by atoms with Crippen LogP contribution in [0.3, 0.4) is 0 Å². The number of hydrogen-bond donors (Lipinski definition) is 1. The van der Waals surface area contributed by atoms with Gasteiger partial charge in [0.05, 0.1) is 17.4 Å². The number of piperidine rings is 1. The lowest BCUT2D eigenvalue weighted by molar-refractivity contribution is 0.163. The van der Waals surface area contributed by atoms with Crippen molar-refractivity contribution in [2.24, 2.45) is 0 Å². The van der Waals surface area contributed by atoms with Gasteiger partial charge in [-0.25, -0.2) is 18.9 Å². The maximum Gasteiger partial charge on any atom is 0.322 e. The molecule has 10 heteroatoms. The van der Waals surface area contributed by atoms with Crippen molar-refractivity contribution < 1.29 is 9.18 Å². The molecule has 1 atom stereocenters. The number of amides is 2. The number of aromatic nitrogens is 5. The predicted octanol–water partition coefficient (Wildman–Crippen LogP) is 3.02. The number of halogens is 1. The molecular weight excluding hydrogens is 357 g/mol. The smallest absolute Gasteiger partial charge is 0.315 e. The number of tetrazole rings is 1. The van der Waals surface area contributed by atoms with E-state index in [4.69, 9.17) is 0 Å². The van der Waals surface area contributed by atoms with Crippen LogP contribution in [0.25, 0.3) is 5.69 Å². The number of urea groups is 1. The highest BCUT2D eigenvalue weighted by Gasteiger charge is 2.30. The van der Waals surface area contributed by atoms with Crippen molar-refractivity contribution >= 4 is 23.1 Å². The lowest BCUT2D eigenvalue weighted by Gasteiger charge is -2.34. The van der Waals surface area contributed by atoms with Gasteiger partial charge in [0, 0.05) is 18.1 Å². The highest BCUT2D eigenvalue weighted by molar-refractivity contribution is 7.09. The van der Waals surface area contributed by atoms with Gasteiger partial charge in [0.25, 0.3) is 0 Å². The maximum atomic E-state index is 14.2. The zero-order valence-electron chi connectivity index (χ0n) is 13.7. The van der Waals surface area contributed by atoms with Gasteiger partial charge in [-0.3, -0.25) is 0 Å². The third kappa shape index (κ3) is 3.27. The predicted molar refractivity (Wildman–Crippen MR) is 93.5 cm³/mol. The van der Waals surface area contributed by atoms with Gasteiger partial charge >= 0.3 is 6.03 Å². The molecule has 1 saturated heterocycles. The van der Waals surface area contributed by atoms with Crippen molar-refractivity contribution in [1.82, 2.24) is 30.1 Å². The molecule has 0 saturated carbocycles. The molecule has 1 aliphatic heterocycles. The summed E-state index contributed by atoms with van der Waals surface area (Å²) >= 11 is 1.53. The SMILES string of the molecule is O=C(Nc1cc(-n2cnnn2)ccc1F)N1CCCCC1c1nccs1. The molecule has 134 valence electrons. The molecule has 1 aromatic carbocycles. The average molecular weight is 373 g/mol. The van der Waals surface area contributed by atoms with Crippen molar-refractivity contribution in [2.75, 3.05) is 11.9 Å². The summed E-state index contributed by atoms with van der Waals surface area (Å²) in [6.07, 6.45) is 5.95. The Labute approximate surface area is 152 Å². The van der Waals surface area contributed by atoms with E-state index >= 15 is 0 Å². The summed E-state index contributed by atoms with van der Waals surface area (Å²) in [4.78, 5) is 18.9. The number of anilines is 1. The standard InChI is InChI=1S/C16H16FN7OS/c17-12-5-4-11(24-10-19-21-22-24)9-13(12)20-16(25)23-7-2-1-3-14(23)15-18-6-8-26-15/h4-6,8-10,14H,1-3,7H2,(H,20,25). The molecule has 3 heterocycles. The first-order valence-electron chi connectivity index (χ1n) is 8.22. The minimum atomic E-state index is -0.516. The van der Waals surface area contributed by atoms with E-state index in [1.54, 1.807) is 17.2 Å². The van der Waals surface area contributed by atoms with Crippen LogP contribution in [-0.4, -0.2) is 42.7 Å². The summed E-state index contributed by atoms with van der Waals surface area (Å²) in [5.74, 6) is -0.516. The molecule has 1 fully saturated rings. The fourth-order valence-electron chi connectivity index (χ4n) is 3.05. The molecule has 2 aromatic heterocycles. The lowest BCUT2D eigenvalue weighted by atomic mass is 10.0. The number of thiazole rings is 1. The first kappa shape index (κ1) is 16.6. The summed E-state index contributed by atoms with van der Waals surface area (Å²) < 4.78 is 15.6. The molecule has 0 bridgehead atoms. The summed E-state index contributed by atoms with van der Waals surface area (Å²) in [7, 11) is 0. The highest BCUT2D eigenvalue weighted by atomic mass is 32.1. The molecule has 1 N–H and O–H groups in total. The largest absolute Gasteiger partial charge is 0.322 e. The number of benzene rings is 1. The van der Waals surface area contributed by atoms with E-state index in [0.717, 1.165) is 24.3 Å². The highest BCUT2D eigenvalue weighted by Crippen LogP contribution is 2.32. The van der Waals surface area contributed by atoms with Crippen LogP contribution >= 0.6 is 11.3 Å². The molecule has 3 aromatic rings. The molecule has 0 radical (unpaired) electrons. The van der Waals surface area contributed by atoms with Crippen molar-refractivity contribution in [1.29, 1.82) is 0 Å². The fraction of sp³-hybridized carbons (Fsp3) is 0.312. The van der Waals surface area contributed by atoms with Crippen molar-refractivity contribution in [2.45, 2.75) is 25.3 Å². The van der Waals surface area contributed by atoms with Gasteiger partial charge in [-0.05, 0) is 47.9 Å². The second kappa shape index (κ2) is 7.16. The van der Waals surface area contributed by atoms with E-state index in [9.17, 15) is 9.18 Å². The summed E-state index contributed by atoms with van der Waals surface area (Å²) in [5.41, 5.74) is 0.647. The van der Waals surface area contributed by atoms with E-state index in [-0.39, 0.29) is 17.8 Å². The Morgan fingerprint density at radius 1 is 1.35 bits per heavy atom.